The first kappa shape index (κ1) is 12.1. The van der Waals surface area contributed by atoms with Gasteiger partial charge in [-0.1, -0.05) is 20.8 Å². The molecule has 0 saturated heterocycles. The second kappa shape index (κ2) is 5.73. The van der Waals surface area contributed by atoms with Crippen LogP contribution in [-0.4, -0.2) is 18.2 Å². The van der Waals surface area contributed by atoms with Gasteiger partial charge in [0.1, 0.15) is 5.78 Å². The Morgan fingerprint density at radius 2 is 1.77 bits per heavy atom. The quantitative estimate of drug-likeness (QED) is 0.703. The zero-order valence-electron chi connectivity index (χ0n) is 8.89. The Kier molecular flexibility index (Phi) is 5.35. The Balaban J connectivity index is 3.76. The van der Waals surface area contributed by atoms with Crippen molar-refractivity contribution in [2.45, 2.75) is 34.1 Å². The molecular weight excluding hydrogens is 166 g/mol. The van der Waals surface area contributed by atoms with Gasteiger partial charge in [0, 0.05) is 18.4 Å². The predicted octanol–water partition coefficient (Wildman–Crippen LogP) is 1.37. The number of amides is 1. The Labute approximate surface area is 79.9 Å². The molecule has 3 heteroatoms. The number of hydrogen-bond acceptors (Lipinski definition) is 2. The monoisotopic (exact) mass is 185 g/mol. The van der Waals surface area contributed by atoms with Gasteiger partial charge in [0.2, 0.25) is 5.91 Å². The third-order valence-electron chi connectivity index (χ3n) is 2.34. The van der Waals surface area contributed by atoms with Crippen LogP contribution < -0.4 is 5.32 Å². The summed E-state index contributed by atoms with van der Waals surface area (Å²) in [7, 11) is 0. The summed E-state index contributed by atoms with van der Waals surface area (Å²) in [6.07, 6.45) is 0.834. The number of Topliss-reactive ketones (excluding diaryl/α,β-unsaturated/α-hetero) is 1. The van der Waals surface area contributed by atoms with E-state index in [0.717, 1.165) is 6.42 Å². The maximum Gasteiger partial charge on any atom is 0.222 e. The fourth-order valence-electron chi connectivity index (χ4n) is 0.757. The fraction of sp³-hybridized carbons (Fsp3) is 0.800. The van der Waals surface area contributed by atoms with Crippen LogP contribution >= 0.6 is 0 Å². The summed E-state index contributed by atoms with van der Waals surface area (Å²) in [5.41, 5.74) is 0. The number of hydrogen-bond donors (Lipinski definition) is 1. The molecule has 0 aliphatic carbocycles. The minimum Gasteiger partial charge on any atom is -0.355 e. The summed E-state index contributed by atoms with van der Waals surface area (Å²) >= 11 is 0. The standard InChI is InChI=1S/C10H19NO2/c1-5-7(2)10(13)11-6-8(3)9(4)12/h7-8H,5-6H2,1-4H3,(H,11,13). The van der Waals surface area contributed by atoms with Crippen molar-refractivity contribution in [3.63, 3.8) is 0 Å². The molecule has 3 nitrogen and oxygen atoms in total. The highest BCUT2D eigenvalue weighted by Gasteiger charge is 2.12. The highest BCUT2D eigenvalue weighted by Crippen LogP contribution is 2.00. The van der Waals surface area contributed by atoms with Gasteiger partial charge in [-0.25, -0.2) is 0 Å². The Bertz CT molecular complexity index is 189. The molecule has 76 valence electrons. The van der Waals surface area contributed by atoms with Crippen molar-refractivity contribution >= 4 is 11.7 Å². The zero-order chi connectivity index (χ0) is 10.4. The van der Waals surface area contributed by atoms with Crippen molar-refractivity contribution in [2.24, 2.45) is 11.8 Å². The van der Waals surface area contributed by atoms with Crippen molar-refractivity contribution in [3.8, 4) is 0 Å². The van der Waals surface area contributed by atoms with E-state index in [1.807, 2.05) is 20.8 Å². The fourth-order valence-corrected chi connectivity index (χ4v) is 0.757. The predicted molar refractivity (Wildman–Crippen MR) is 52.3 cm³/mol. The molecule has 0 fully saturated rings. The minimum atomic E-state index is -0.0759. The number of nitrogens with one attached hydrogen (secondary N) is 1. The van der Waals surface area contributed by atoms with Crippen molar-refractivity contribution in [3.05, 3.63) is 0 Å². The molecule has 0 aromatic heterocycles. The normalized spacial score (nSPS) is 14.8. The summed E-state index contributed by atoms with van der Waals surface area (Å²) in [6.45, 7) is 7.67. The van der Waals surface area contributed by atoms with E-state index in [1.165, 1.54) is 0 Å². The first-order valence-corrected chi connectivity index (χ1v) is 4.77. The first-order valence-electron chi connectivity index (χ1n) is 4.77. The van der Waals surface area contributed by atoms with Gasteiger partial charge < -0.3 is 5.32 Å². The molecule has 13 heavy (non-hydrogen) atoms. The Morgan fingerprint density at radius 1 is 1.23 bits per heavy atom. The van der Waals surface area contributed by atoms with E-state index in [-0.39, 0.29) is 23.5 Å². The SMILES string of the molecule is CCC(C)C(=O)NCC(C)C(C)=O. The molecule has 0 radical (unpaired) electrons. The number of carbonyl (C=O) groups is 2. The van der Waals surface area contributed by atoms with Gasteiger partial charge in [-0.15, -0.1) is 0 Å². The Morgan fingerprint density at radius 3 is 2.15 bits per heavy atom. The van der Waals surface area contributed by atoms with E-state index >= 15 is 0 Å². The third kappa shape index (κ3) is 4.65. The van der Waals surface area contributed by atoms with Gasteiger partial charge in [0.25, 0.3) is 0 Å². The lowest BCUT2D eigenvalue weighted by molar-refractivity contribution is -0.125. The molecule has 0 aliphatic rings. The number of rotatable bonds is 5. The summed E-state index contributed by atoms with van der Waals surface area (Å²) in [6, 6.07) is 0. The summed E-state index contributed by atoms with van der Waals surface area (Å²) < 4.78 is 0. The molecule has 2 unspecified atom stereocenters. The van der Waals surface area contributed by atoms with Crippen molar-refractivity contribution in [2.75, 3.05) is 6.54 Å². The molecule has 0 heterocycles. The zero-order valence-corrected chi connectivity index (χ0v) is 8.89. The molecule has 1 N–H and O–H groups in total. The Hall–Kier alpha value is -0.860. The van der Waals surface area contributed by atoms with E-state index in [0.29, 0.717) is 6.54 Å². The highest BCUT2D eigenvalue weighted by atomic mass is 16.2. The molecule has 0 aromatic carbocycles. The molecule has 0 aliphatic heterocycles. The topological polar surface area (TPSA) is 46.2 Å². The molecule has 0 bridgehead atoms. The lowest BCUT2D eigenvalue weighted by atomic mass is 10.1. The summed E-state index contributed by atoms with van der Waals surface area (Å²) in [4.78, 5) is 22.1. The van der Waals surface area contributed by atoms with Crippen LogP contribution in [0.5, 0.6) is 0 Å². The van der Waals surface area contributed by atoms with Crippen LogP contribution in [0.1, 0.15) is 34.1 Å². The molecule has 0 rings (SSSR count). The molecule has 2 atom stereocenters. The molecule has 0 spiro atoms. The number of ketones is 1. The maximum atomic E-state index is 11.3. The van der Waals surface area contributed by atoms with Gasteiger partial charge in [-0.2, -0.15) is 0 Å². The van der Waals surface area contributed by atoms with Crippen molar-refractivity contribution in [1.29, 1.82) is 0 Å². The molecule has 0 aromatic rings. The lowest BCUT2D eigenvalue weighted by Gasteiger charge is -2.12. The van der Waals surface area contributed by atoms with Gasteiger partial charge in [-0.05, 0) is 13.3 Å². The average molecular weight is 185 g/mol. The first-order chi connectivity index (χ1) is 5.99. The minimum absolute atomic E-state index is 0.0376. The maximum absolute atomic E-state index is 11.3. The largest absolute Gasteiger partial charge is 0.355 e. The van der Waals surface area contributed by atoms with Crippen LogP contribution in [0.15, 0.2) is 0 Å². The highest BCUT2D eigenvalue weighted by molar-refractivity contribution is 5.81. The van der Waals surface area contributed by atoms with Crippen LogP contribution in [0.25, 0.3) is 0 Å². The smallest absolute Gasteiger partial charge is 0.222 e. The van der Waals surface area contributed by atoms with Crippen molar-refractivity contribution in [1.82, 2.24) is 5.32 Å². The summed E-state index contributed by atoms with van der Waals surface area (Å²) in [5.74, 6) is 0.118. The van der Waals surface area contributed by atoms with Crippen LogP contribution in [0.2, 0.25) is 0 Å². The average Bonchev–Trinajstić information content (AvgIpc) is 2.11. The van der Waals surface area contributed by atoms with E-state index in [9.17, 15) is 9.59 Å². The molecular formula is C10H19NO2. The van der Waals surface area contributed by atoms with Gasteiger partial charge in [0.05, 0.1) is 0 Å². The second-order valence-electron chi connectivity index (χ2n) is 3.57. The molecule has 1 amide bonds. The van der Waals surface area contributed by atoms with Gasteiger partial charge >= 0.3 is 0 Å². The van der Waals surface area contributed by atoms with Crippen molar-refractivity contribution < 1.29 is 9.59 Å². The van der Waals surface area contributed by atoms with Gasteiger partial charge in [0.15, 0.2) is 0 Å². The van der Waals surface area contributed by atoms with E-state index in [4.69, 9.17) is 0 Å². The van der Waals surface area contributed by atoms with E-state index < -0.39 is 0 Å². The summed E-state index contributed by atoms with van der Waals surface area (Å²) in [5, 5.41) is 2.75. The second-order valence-corrected chi connectivity index (χ2v) is 3.57. The van der Waals surface area contributed by atoms with Gasteiger partial charge in [-0.3, -0.25) is 9.59 Å². The van der Waals surface area contributed by atoms with Crippen LogP contribution in [0.3, 0.4) is 0 Å². The van der Waals surface area contributed by atoms with Crippen LogP contribution in [-0.2, 0) is 9.59 Å². The van der Waals surface area contributed by atoms with Crippen LogP contribution in [0.4, 0.5) is 0 Å². The van der Waals surface area contributed by atoms with E-state index in [1.54, 1.807) is 6.92 Å². The molecule has 0 saturated carbocycles. The van der Waals surface area contributed by atoms with E-state index in [2.05, 4.69) is 5.32 Å². The lowest BCUT2D eigenvalue weighted by Crippen LogP contribution is -2.34. The third-order valence-corrected chi connectivity index (χ3v) is 2.34. The number of carbonyl (C=O) groups excluding carboxylic acids is 2. The van der Waals surface area contributed by atoms with Crippen LogP contribution in [0, 0.1) is 11.8 Å².